The van der Waals surface area contributed by atoms with Gasteiger partial charge in [-0.15, -0.1) is 0 Å². The third kappa shape index (κ3) is 3.53. The fraction of sp³-hybridized carbons (Fsp3) is 0.667. The lowest BCUT2D eigenvalue weighted by Crippen LogP contribution is -2.42. The van der Waals surface area contributed by atoms with E-state index >= 15 is 0 Å². The Morgan fingerprint density at radius 3 is 2.42 bits per heavy atom. The van der Waals surface area contributed by atoms with Gasteiger partial charge in [0.1, 0.15) is 0 Å². The van der Waals surface area contributed by atoms with Crippen LogP contribution in [0.2, 0.25) is 0 Å². The zero-order valence-corrected chi connectivity index (χ0v) is 8.13. The number of nitrogens with two attached hydrogens (primary N) is 1. The average Bonchev–Trinajstić information content (AvgIpc) is 1.98. The van der Waals surface area contributed by atoms with Gasteiger partial charge in [0.05, 0.1) is 6.04 Å². The van der Waals surface area contributed by atoms with Crippen molar-refractivity contribution in [1.29, 1.82) is 0 Å². The molecule has 0 fully saturated rings. The SMILES string of the molecule is C=C(C)CN(CC)C(=O)C(C)N. The van der Waals surface area contributed by atoms with Gasteiger partial charge in [-0.1, -0.05) is 12.2 Å². The molecular weight excluding hydrogens is 152 g/mol. The van der Waals surface area contributed by atoms with Crippen molar-refractivity contribution in [3.05, 3.63) is 12.2 Å². The summed E-state index contributed by atoms with van der Waals surface area (Å²) >= 11 is 0. The molecule has 3 heteroatoms. The highest BCUT2D eigenvalue weighted by atomic mass is 16.2. The van der Waals surface area contributed by atoms with Crippen LogP contribution in [0.15, 0.2) is 12.2 Å². The Hall–Kier alpha value is -0.830. The van der Waals surface area contributed by atoms with Gasteiger partial charge in [0.2, 0.25) is 5.91 Å². The largest absolute Gasteiger partial charge is 0.338 e. The molecule has 1 atom stereocenters. The second kappa shape index (κ2) is 4.93. The first-order valence-electron chi connectivity index (χ1n) is 4.17. The summed E-state index contributed by atoms with van der Waals surface area (Å²) < 4.78 is 0. The summed E-state index contributed by atoms with van der Waals surface area (Å²) in [5.41, 5.74) is 6.44. The van der Waals surface area contributed by atoms with E-state index in [0.29, 0.717) is 13.1 Å². The van der Waals surface area contributed by atoms with E-state index in [1.807, 2.05) is 13.8 Å². The van der Waals surface area contributed by atoms with Gasteiger partial charge in [0.15, 0.2) is 0 Å². The fourth-order valence-corrected chi connectivity index (χ4v) is 0.959. The molecule has 0 spiro atoms. The van der Waals surface area contributed by atoms with Crippen molar-refractivity contribution in [3.8, 4) is 0 Å². The molecular formula is C9H18N2O. The van der Waals surface area contributed by atoms with Crippen LogP contribution in [0.25, 0.3) is 0 Å². The van der Waals surface area contributed by atoms with Crippen LogP contribution in [0, 0.1) is 0 Å². The van der Waals surface area contributed by atoms with Gasteiger partial charge in [-0.3, -0.25) is 4.79 Å². The predicted molar refractivity (Wildman–Crippen MR) is 50.7 cm³/mol. The van der Waals surface area contributed by atoms with E-state index in [9.17, 15) is 4.79 Å². The second-order valence-electron chi connectivity index (χ2n) is 3.10. The normalized spacial score (nSPS) is 12.3. The highest BCUT2D eigenvalue weighted by Crippen LogP contribution is 1.97. The maximum atomic E-state index is 11.4. The lowest BCUT2D eigenvalue weighted by Gasteiger charge is -2.22. The number of hydrogen-bond acceptors (Lipinski definition) is 2. The maximum Gasteiger partial charge on any atom is 0.239 e. The lowest BCUT2D eigenvalue weighted by molar-refractivity contribution is -0.131. The number of hydrogen-bond donors (Lipinski definition) is 1. The Morgan fingerprint density at radius 1 is 1.67 bits per heavy atom. The van der Waals surface area contributed by atoms with E-state index in [1.165, 1.54) is 0 Å². The number of rotatable bonds is 4. The van der Waals surface area contributed by atoms with E-state index in [1.54, 1.807) is 11.8 Å². The van der Waals surface area contributed by atoms with Crippen molar-refractivity contribution in [2.24, 2.45) is 5.73 Å². The molecule has 0 aliphatic rings. The molecule has 0 aromatic rings. The van der Waals surface area contributed by atoms with Crippen LogP contribution in [0.3, 0.4) is 0 Å². The number of amides is 1. The second-order valence-corrected chi connectivity index (χ2v) is 3.10. The topological polar surface area (TPSA) is 46.3 Å². The molecule has 70 valence electrons. The molecule has 0 heterocycles. The van der Waals surface area contributed by atoms with Crippen LogP contribution in [-0.4, -0.2) is 29.9 Å². The molecule has 1 unspecified atom stereocenters. The summed E-state index contributed by atoms with van der Waals surface area (Å²) in [5.74, 6) is -0.0134. The summed E-state index contributed by atoms with van der Waals surface area (Å²) in [6.45, 7) is 10.6. The molecule has 0 rings (SSSR count). The maximum absolute atomic E-state index is 11.4. The molecule has 0 aromatic carbocycles. The molecule has 0 saturated carbocycles. The van der Waals surface area contributed by atoms with Crippen molar-refractivity contribution >= 4 is 5.91 Å². The molecule has 12 heavy (non-hydrogen) atoms. The van der Waals surface area contributed by atoms with Gasteiger partial charge < -0.3 is 10.6 Å². The van der Waals surface area contributed by atoms with Gasteiger partial charge in [0, 0.05) is 13.1 Å². The van der Waals surface area contributed by atoms with Gasteiger partial charge in [0.25, 0.3) is 0 Å². The predicted octanol–water partition coefficient (Wildman–Crippen LogP) is 0.758. The van der Waals surface area contributed by atoms with Crippen LogP contribution in [-0.2, 0) is 4.79 Å². The van der Waals surface area contributed by atoms with E-state index in [2.05, 4.69) is 6.58 Å². The summed E-state index contributed by atoms with van der Waals surface area (Å²) in [5, 5.41) is 0. The molecule has 3 nitrogen and oxygen atoms in total. The molecule has 0 aromatic heterocycles. The minimum atomic E-state index is -0.413. The third-order valence-electron chi connectivity index (χ3n) is 1.54. The van der Waals surface area contributed by atoms with Crippen molar-refractivity contribution in [2.75, 3.05) is 13.1 Å². The van der Waals surface area contributed by atoms with Crippen molar-refractivity contribution in [1.82, 2.24) is 4.90 Å². The van der Waals surface area contributed by atoms with Crippen LogP contribution in [0.5, 0.6) is 0 Å². The Morgan fingerprint density at radius 2 is 2.17 bits per heavy atom. The van der Waals surface area contributed by atoms with Crippen LogP contribution < -0.4 is 5.73 Å². The zero-order chi connectivity index (χ0) is 9.72. The van der Waals surface area contributed by atoms with Crippen molar-refractivity contribution in [2.45, 2.75) is 26.8 Å². The smallest absolute Gasteiger partial charge is 0.239 e. The summed E-state index contributed by atoms with van der Waals surface area (Å²) in [6, 6.07) is -0.413. The minimum Gasteiger partial charge on any atom is -0.338 e. The van der Waals surface area contributed by atoms with Crippen LogP contribution in [0.4, 0.5) is 0 Å². The first-order chi connectivity index (χ1) is 5.49. The van der Waals surface area contributed by atoms with E-state index in [4.69, 9.17) is 5.73 Å². The van der Waals surface area contributed by atoms with Gasteiger partial charge in [-0.25, -0.2) is 0 Å². The highest BCUT2D eigenvalue weighted by molar-refractivity contribution is 5.81. The fourth-order valence-electron chi connectivity index (χ4n) is 0.959. The van der Waals surface area contributed by atoms with E-state index in [0.717, 1.165) is 5.57 Å². The Balaban J connectivity index is 4.15. The van der Waals surface area contributed by atoms with Crippen molar-refractivity contribution in [3.63, 3.8) is 0 Å². The molecule has 0 bridgehead atoms. The molecule has 0 saturated heterocycles. The van der Waals surface area contributed by atoms with Crippen molar-refractivity contribution < 1.29 is 4.79 Å². The molecule has 1 amide bonds. The molecule has 2 N–H and O–H groups in total. The molecule has 0 aliphatic carbocycles. The number of carbonyl (C=O) groups is 1. The first-order valence-corrected chi connectivity index (χ1v) is 4.17. The van der Waals surface area contributed by atoms with Gasteiger partial charge >= 0.3 is 0 Å². The zero-order valence-electron chi connectivity index (χ0n) is 8.13. The highest BCUT2D eigenvalue weighted by Gasteiger charge is 2.14. The number of carbonyl (C=O) groups excluding carboxylic acids is 1. The van der Waals surface area contributed by atoms with E-state index < -0.39 is 6.04 Å². The minimum absolute atomic E-state index is 0.0134. The molecule has 0 radical (unpaired) electrons. The van der Waals surface area contributed by atoms with E-state index in [-0.39, 0.29) is 5.91 Å². The quantitative estimate of drug-likeness (QED) is 0.633. The lowest BCUT2D eigenvalue weighted by atomic mass is 10.2. The monoisotopic (exact) mass is 170 g/mol. The third-order valence-corrected chi connectivity index (χ3v) is 1.54. The van der Waals surface area contributed by atoms with Gasteiger partial charge in [-0.05, 0) is 20.8 Å². The Bertz CT molecular complexity index is 175. The van der Waals surface area contributed by atoms with Gasteiger partial charge in [-0.2, -0.15) is 0 Å². The molecule has 0 aliphatic heterocycles. The van der Waals surface area contributed by atoms with Crippen LogP contribution in [0.1, 0.15) is 20.8 Å². The number of nitrogens with zero attached hydrogens (tertiary/aromatic N) is 1. The summed E-state index contributed by atoms with van der Waals surface area (Å²) in [6.07, 6.45) is 0. The first kappa shape index (κ1) is 11.2. The summed E-state index contributed by atoms with van der Waals surface area (Å²) in [7, 11) is 0. The standard InChI is InChI=1S/C9H18N2O/c1-5-11(6-7(2)3)9(12)8(4)10/h8H,2,5-6,10H2,1,3-4H3. The average molecular weight is 170 g/mol. The summed E-state index contributed by atoms with van der Waals surface area (Å²) in [4.78, 5) is 13.1. The van der Waals surface area contributed by atoms with Crippen LogP contribution >= 0.6 is 0 Å². The Labute approximate surface area is 74.2 Å². The number of likely N-dealkylation sites (N-methyl/N-ethyl adjacent to an activating group) is 1. The Kier molecular flexibility index (Phi) is 4.59.